The standard InChI is InChI=1S/C20H20ClN5O4S/c1-13-6-7-15(25-19(27)12-26-20(28)14(2)17(21)11-23-26)9-18(13)31(29,30)24-10-16-5-3-4-8-22-16/h3-9,11,24H,10,12H2,1-2H3,(H,25,27). The van der Waals surface area contributed by atoms with Gasteiger partial charge in [-0.25, -0.2) is 17.8 Å². The first kappa shape index (κ1) is 22.6. The molecule has 0 aliphatic heterocycles. The van der Waals surface area contributed by atoms with Gasteiger partial charge in [-0.2, -0.15) is 5.10 Å². The lowest BCUT2D eigenvalue weighted by molar-refractivity contribution is -0.117. The van der Waals surface area contributed by atoms with E-state index in [1.807, 2.05) is 0 Å². The van der Waals surface area contributed by atoms with Gasteiger partial charge in [0.05, 0.1) is 28.4 Å². The van der Waals surface area contributed by atoms with Crippen molar-refractivity contribution in [2.45, 2.75) is 31.8 Å². The Labute approximate surface area is 184 Å². The molecule has 3 rings (SSSR count). The summed E-state index contributed by atoms with van der Waals surface area (Å²) >= 11 is 5.85. The summed E-state index contributed by atoms with van der Waals surface area (Å²) < 4.78 is 29.0. The van der Waals surface area contributed by atoms with Gasteiger partial charge in [0.1, 0.15) is 6.54 Å². The molecule has 31 heavy (non-hydrogen) atoms. The summed E-state index contributed by atoms with van der Waals surface area (Å²) in [6.45, 7) is 2.88. The molecule has 9 nitrogen and oxygen atoms in total. The van der Waals surface area contributed by atoms with Crippen molar-refractivity contribution in [2.24, 2.45) is 0 Å². The summed E-state index contributed by atoms with van der Waals surface area (Å²) in [6, 6.07) is 9.73. The third kappa shape index (κ3) is 5.54. The molecule has 0 bridgehead atoms. The summed E-state index contributed by atoms with van der Waals surface area (Å²) in [7, 11) is -3.85. The molecule has 0 spiro atoms. The lowest BCUT2D eigenvalue weighted by Crippen LogP contribution is -2.31. The third-order valence-corrected chi connectivity index (χ3v) is 6.37. The fraction of sp³-hybridized carbons (Fsp3) is 0.200. The maximum absolute atomic E-state index is 12.7. The maximum atomic E-state index is 12.7. The minimum Gasteiger partial charge on any atom is -0.324 e. The average molecular weight is 462 g/mol. The quantitative estimate of drug-likeness (QED) is 0.555. The summed E-state index contributed by atoms with van der Waals surface area (Å²) in [5.41, 5.74) is 1.16. The van der Waals surface area contributed by atoms with Gasteiger partial charge in [-0.1, -0.05) is 23.7 Å². The molecule has 3 aromatic rings. The fourth-order valence-corrected chi connectivity index (χ4v) is 4.12. The molecule has 2 heterocycles. The van der Waals surface area contributed by atoms with Gasteiger partial charge in [-0.3, -0.25) is 14.6 Å². The molecule has 1 amide bonds. The Bertz CT molecular complexity index is 1280. The highest BCUT2D eigenvalue weighted by atomic mass is 35.5. The number of carbonyl (C=O) groups excluding carboxylic acids is 1. The van der Waals surface area contributed by atoms with Crippen molar-refractivity contribution in [3.63, 3.8) is 0 Å². The number of carbonyl (C=O) groups is 1. The number of nitrogens with one attached hydrogen (secondary N) is 2. The van der Waals surface area contributed by atoms with Crippen LogP contribution < -0.4 is 15.6 Å². The molecule has 0 aliphatic rings. The van der Waals surface area contributed by atoms with E-state index in [1.165, 1.54) is 19.2 Å². The number of aryl methyl sites for hydroxylation is 1. The monoisotopic (exact) mass is 461 g/mol. The number of aromatic nitrogens is 3. The van der Waals surface area contributed by atoms with Gasteiger partial charge in [0.2, 0.25) is 15.9 Å². The Hall–Kier alpha value is -3.08. The van der Waals surface area contributed by atoms with E-state index in [2.05, 4.69) is 20.1 Å². The largest absolute Gasteiger partial charge is 0.324 e. The SMILES string of the molecule is Cc1ccc(NC(=O)Cn2ncc(Cl)c(C)c2=O)cc1S(=O)(=O)NCc1ccccn1. The first-order valence-corrected chi connectivity index (χ1v) is 11.1. The Morgan fingerprint density at radius 2 is 1.97 bits per heavy atom. The lowest BCUT2D eigenvalue weighted by atomic mass is 10.2. The van der Waals surface area contributed by atoms with Crippen LogP contribution in [0.25, 0.3) is 0 Å². The number of rotatable bonds is 7. The van der Waals surface area contributed by atoms with Gasteiger partial charge in [-0.05, 0) is 43.7 Å². The molecule has 0 saturated carbocycles. The summed E-state index contributed by atoms with van der Waals surface area (Å²) in [5.74, 6) is -0.537. The smallest absolute Gasteiger partial charge is 0.271 e. The number of benzene rings is 1. The van der Waals surface area contributed by atoms with Gasteiger partial charge in [0.15, 0.2) is 0 Å². The van der Waals surface area contributed by atoms with Crippen LogP contribution in [0.15, 0.2) is 58.5 Å². The van der Waals surface area contributed by atoms with Crippen LogP contribution in [0.5, 0.6) is 0 Å². The fourth-order valence-electron chi connectivity index (χ4n) is 2.73. The van der Waals surface area contributed by atoms with Crippen molar-refractivity contribution >= 4 is 33.2 Å². The number of amides is 1. The molecule has 162 valence electrons. The van der Waals surface area contributed by atoms with Crippen molar-refractivity contribution in [3.8, 4) is 0 Å². The second-order valence-electron chi connectivity index (χ2n) is 6.75. The highest BCUT2D eigenvalue weighted by Gasteiger charge is 2.18. The summed E-state index contributed by atoms with van der Waals surface area (Å²) in [6.07, 6.45) is 2.86. The molecule has 0 saturated heterocycles. The average Bonchev–Trinajstić information content (AvgIpc) is 2.75. The van der Waals surface area contributed by atoms with E-state index in [0.29, 0.717) is 11.3 Å². The van der Waals surface area contributed by atoms with Crippen LogP contribution in [-0.2, 0) is 27.9 Å². The van der Waals surface area contributed by atoms with Gasteiger partial charge in [0.25, 0.3) is 5.56 Å². The normalized spacial score (nSPS) is 11.3. The van der Waals surface area contributed by atoms with Gasteiger partial charge in [-0.15, -0.1) is 0 Å². The Balaban J connectivity index is 1.75. The van der Waals surface area contributed by atoms with Crippen molar-refractivity contribution in [1.82, 2.24) is 19.5 Å². The van der Waals surface area contributed by atoms with Crippen molar-refractivity contribution in [3.05, 3.63) is 81.0 Å². The first-order chi connectivity index (χ1) is 14.7. The third-order valence-electron chi connectivity index (χ3n) is 4.45. The molecule has 11 heteroatoms. The van der Waals surface area contributed by atoms with E-state index in [9.17, 15) is 18.0 Å². The number of hydrogen-bond acceptors (Lipinski definition) is 6. The molecular formula is C20H20ClN5O4S. The van der Waals surface area contributed by atoms with E-state index in [0.717, 1.165) is 4.68 Å². The van der Waals surface area contributed by atoms with Crippen LogP contribution in [0.1, 0.15) is 16.8 Å². The molecule has 0 aliphatic carbocycles. The highest BCUT2D eigenvalue weighted by Crippen LogP contribution is 2.20. The predicted octanol–water partition coefficient (Wildman–Crippen LogP) is 2.03. The molecule has 2 aromatic heterocycles. The van der Waals surface area contributed by atoms with E-state index < -0.39 is 21.5 Å². The zero-order valence-electron chi connectivity index (χ0n) is 16.8. The van der Waals surface area contributed by atoms with E-state index in [-0.39, 0.29) is 34.3 Å². The second-order valence-corrected chi connectivity index (χ2v) is 8.90. The minimum absolute atomic E-state index is 0.0267. The first-order valence-electron chi connectivity index (χ1n) is 9.19. The molecule has 0 unspecified atom stereocenters. The van der Waals surface area contributed by atoms with Crippen LogP contribution >= 0.6 is 11.6 Å². The summed E-state index contributed by atoms with van der Waals surface area (Å²) in [4.78, 5) is 28.6. The maximum Gasteiger partial charge on any atom is 0.271 e. The number of hydrogen-bond donors (Lipinski definition) is 2. The Morgan fingerprint density at radius 3 is 2.68 bits per heavy atom. The number of halogens is 1. The van der Waals surface area contributed by atoms with Crippen LogP contribution in [0.4, 0.5) is 5.69 Å². The predicted molar refractivity (Wildman–Crippen MR) is 116 cm³/mol. The van der Waals surface area contributed by atoms with Crippen LogP contribution in [0.2, 0.25) is 5.02 Å². The zero-order valence-corrected chi connectivity index (χ0v) is 18.4. The van der Waals surface area contributed by atoms with Crippen LogP contribution in [-0.4, -0.2) is 29.1 Å². The number of nitrogens with zero attached hydrogens (tertiary/aromatic N) is 3. The van der Waals surface area contributed by atoms with Crippen molar-refractivity contribution < 1.29 is 13.2 Å². The van der Waals surface area contributed by atoms with E-state index in [4.69, 9.17) is 11.6 Å². The van der Waals surface area contributed by atoms with E-state index >= 15 is 0 Å². The van der Waals surface area contributed by atoms with Gasteiger partial charge in [0, 0.05) is 17.4 Å². The topological polar surface area (TPSA) is 123 Å². The van der Waals surface area contributed by atoms with Gasteiger partial charge < -0.3 is 5.32 Å². The molecule has 0 radical (unpaired) electrons. The van der Waals surface area contributed by atoms with E-state index in [1.54, 1.807) is 43.5 Å². The molecule has 1 aromatic carbocycles. The Kier molecular flexibility index (Phi) is 6.84. The minimum atomic E-state index is -3.85. The lowest BCUT2D eigenvalue weighted by Gasteiger charge is -2.12. The van der Waals surface area contributed by atoms with Crippen LogP contribution in [0.3, 0.4) is 0 Å². The van der Waals surface area contributed by atoms with Crippen molar-refractivity contribution in [2.75, 3.05) is 5.32 Å². The number of anilines is 1. The molecular weight excluding hydrogens is 442 g/mol. The second kappa shape index (κ2) is 9.38. The summed E-state index contributed by atoms with van der Waals surface area (Å²) in [5, 5.41) is 6.65. The molecule has 0 atom stereocenters. The highest BCUT2D eigenvalue weighted by molar-refractivity contribution is 7.89. The number of sulfonamides is 1. The van der Waals surface area contributed by atoms with Gasteiger partial charge >= 0.3 is 0 Å². The van der Waals surface area contributed by atoms with Crippen LogP contribution in [0, 0.1) is 13.8 Å². The van der Waals surface area contributed by atoms with Crippen molar-refractivity contribution in [1.29, 1.82) is 0 Å². The zero-order chi connectivity index (χ0) is 22.6. The Morgan fingerprint density at radius 1 is 1.19 bits per heavy atom. The molecule has 0 fully saturated rings. The number of pyridine rings is 1. The molecule has 2 N–H and O–H groups in total.